The number of hydrogen-bond donors (Lipinski definition) is 1. The molecule has 1 atom stereocenters. The van der Waals surface area contributed by atoms with Gasteiger partial charge in [0.05, 0.1) is 29.7 Å². The summed E-state index contributed by atoms with van der Waals surface area (Å²) in [5.74, 6) is 0. The third kappa shape index (κ3) is 3.91. The molecule has 0 saturated carbocycles. The van der Waals surface area contributed by atoms with Gasteiger partial charge in [-0.2, -0.15) is 5.10 Å². The van der Waals surface area contributed by atoms with Crippen LogP contribution < -0.4 is 10.5 Å². The van der Waals surface area contributed by atoms with Gasteiger partial charge >= 0.3 is 5.63 Å². The lowest BCUT2D eigenvalue weighted by atomic mass is 10.1. The first-order valence-corrected chi connectivity index (χ1v) is 10.4. The molecule has 154 valence electrons. The molecular formula is C24H25ClN3O2+. The number of rotatable bonds is 5. The highest BCUT2D eigenvalue weighted by atomic mass is 35.5. The lowest BCUT2D eigenvalue weighted by molar-refractivity contribution is -0.907. The van der Waals surface area contributed by atoms with Crippen LogP contribution in [0.3, 0.4) is 0 Å². The zero-order valence-corrected chi connectivity index (χ0v) is 18.4. The molecule has 0 aliphatic heterocycles. The van der Waals surface area contributed by atoms with Crippen molar-refractivity contribution in [3.8, 4) is 5.69 Å². The molecule has 0 saturated heterocycles. The fourth-order valence-corrected chi connectivity index (χ4v) is 4.10. The first-order valence-electron chi connectivity index (χ1n) is 9.98. The highest BCUT2D eigenvalue weighted by Crippen LogP contribution is 2.25. The van der Waals surface area contributed by atoms with E-state index in [-0.39, 0.29) is 5.63 Å². The standard InChI is InChI=1S/C24H24ClN3O2/c1-15-10-23-20(12-22(15)25)18(11-24(29)30-23)13-27(4)14-21-16(2)26-28(17(21)3)19-8-6-5-7-9-19/h5-12H,13-14H2,1-4H3/p+1. The van der Waals surface area contributed by atoms with Crippen molar-refractivity contribution in [2.45, 2.75) is 33.9 Å². The van der Waals surface area contributed by atoms with Gasteiger partial charge in [-0.15, -0.1) is 0 Å². The Morgan fingerprint density at radius 2 is 1.80 bits per heavy atom. The van der Waals surface area contributed by atoms with E-state index in [1.807, 2.05) is 48.9 Å². The molecular weight excluding hydrogens is 398 g/mol. The van der Waals surface area contributed by atoms with E-state index in [1.54, 1.807) is 6.07 Å². The predicted octanol–water partition coefficient (Wildman–Crippen LogP) is 3.77. The van der Waals surface area contributed by atoms with Crippen LogP contribution in [0.2, 0.25) is 5.02 Å². The van der Waals surface area contributed by atoms with Crippen molar-refractivity contribution < 1.29 is 9.32 Å². The highest BCUT2D eigenvalue weighted by Gasteiger charge is 2.18. The summed E-state index contributed by atoms with van der Waals surface area (Å²) in [6.07, 6.45) is 0. The van der Waals surface area contributed by atoms with E-state index >= 15 is 0 Å². The summed E-state index contributed by atoms with van der Waals surface area (Å²) >= 11 is 6.33. The molecule has 0 aliphatic carbocycles. The topological polar surface area (TPSA) is 52.5 Å². The third-order valence-electron chi connectivity index (χ3n) is 5.52. The Morgan fingerprint density at radius 1 is 1.07 bits per heavy atom. The Hall–Kier alpha value is -2.89. The molecule has 4 aromatic rings. The third-order valence-corrected chi connectivity index (χ3v) is 5.93. The first-order chi connectivity index (χ1) is 14.3. The monoisotopic (exact) mass is 422 g/mol. The number of para-hydroxylation sites is 1. The average molecular weight is 423 g/mol. The lowest BCUT2D eigenvalue weighted by Crippen LogP contribution is -3.06. The van der Waals surface area contributed by atoms with Gasteiger partial charge in [0.1, 0.15) is 18.7 Å². The Kier molecular flexibility index (Phi) is 5.50. The molecule has 0 fully saturated rings. The minimum atomic E-state index is -0.337. The van der Waals surface area contributed by atoms with Crippen LogP contribution in [-0.2, 0) is 13.1 Å². The molecule has 30 heavy (non-hydrogen) atoms. The van der Waals surface area contributed by atoms with Crippen LogP contribution >= 0.6 is 11.6 Å². The molecule has 0 bridgehead atoms. The second-order valence-corrected chi connectivity index (χ2v) is 8.30. The Labute approximate surface area is 180 Å². The fraction of sp³-hybridized carbons (Fsp3) is 0.250. The van der Waals surface area contributed by atoms with Gasteiger partial charge < -0.3 is 9.32 Å². The maximum atomic E-state index is 12.1. The van der Waals surface area contributed by atoms with E-state index in [0.29, 0.717) is 17.2 Å². The molecule has 2 heterocycles. The minimum absolute atomic E-state index is 0.337. The lowest BCUT2D eigenvalue weighted by Gasteiger charge is -2.16. The molecule has 1 N–H and O–H groups in total. The quantitative estimate of drug-likeness (QED) is 0.498. The first kappa shape index (κ1) is 20.4. The van der Waals surface area contributed by atoms with Gasteiger partial charge in [-0.05, 0) is 50.6 Å². The van der Waals surface area contributed by atoms with Gasteiger partial charge in [0.15, 0.2) is 0 Å². The Balaban J connectivity index is 1.64. The van der Waals surface area contributed by atoms with Crippen LogP contribution in [0.4, 0.5) is 0 Å². The van der Waals surface area contributed by atoms with Crippen LogP contribution in [0.1, 0.15) is 28.1 Å². The van der Waals surface area contributed by atoms with E-state index in [1.165, 1.54) is 10.5 Å². The van der Waals surface area contributed by atoms with Crippen molar-refractivity contribution in [3.05, 3.63) is 92.1 Å². The number of fused-ring (bicyclic) bond motifs is 1. The molecule has 1 unspecified atom stereocenters. The minimum Gasteiger partial charge on any atom is -0.423 e. The smallest absolute Gasteiger partial charge is 0.336 e. The molecule has 2 aromatic heterocycles. The summed E-state index contributed by atoms with van der Waals surface area (Å²) in [6, 6.07) is 15.4. The van der Waals surface area contributed by atoms with Crippen molar-refractivity contribution in [3.63, 3.8) is 0 Å². The SMILES string of the molecule is Cc1cc2oc(=O)cc(C[NH+](C)Cc3c(C)nn(-c4ccccc4)c3C)c2cc1Cl. The van der Waals surface area contributed by atoms with Gasteiger partial charge in [-0.25, -0.2) is 9.48 Å². The molecule has 0 aliphatic rings. The van der Waals surface area contributed by atoms with Crippen LogP contribution in [0, 0.1) is 20.8 Å². The second-order valence-electron chi connectivity index (χ2n) is 7.90. The molecule has 5 nitrogen and oxygen atoms in total. The van der Waals surface area contributed by atoms with Crippen molar-refractivity contribution in [1.29, 1.82) is 0 Å². The second kappa shape index (κ2) is 8.09. The molecule has 4 rings (SSSR count). The number of benzene rings is 2. The maximum Gasteiger partial charge on any atom is 0.336 e. The van der Waals surface area contributed by atoms with Crippen molar-refractivity contribution in [2.75, 3.05) is 7.05 Å². The van der Waals surface area contributed by atoms with Gasteiger partial charge in [0, 0.05) is 22.0 Å². The van der Waals surface area contributed by atoms with Gasteiger partial charge in [-0.3, -0.25) is 0 Å². The van der Waals surface area contributed by atoms with E-state index < -0.39 is 0 Å². The zero-order valence-electron chi connectivity index (χ0n) is 17.6. The predicted molar refractivity (Wildman–Crippen MR) is 120 cm³/mol. The fourth-order valence-electron chi connectivity index (χ4n) is 3.94. The van der Waals surface area contributed by atoms with Crippen molar-refractivity contribution in [2.24, 2.45) is 0 Å². The van der Waals surface area contributed by atoms with Crippen molar-refractivity contribution >= 4 is 22.6 Å². The van der Waals surface area contributed by atoms with Crippen LogP contribution in [0.15, 0.2) is 57.7 Å². The normalized spacial score (nSPS) is 12.4. The molecule has 0 radical (unpaired) electrons. The summed E-state index contributed by atoms with van der Waals surface area (Å²) in [5.41, 5.74) is 6.50. The van der Waals surface area contributed by atoms with Crippen LogP contribution in [0.25, 0.3) is 16.7 Å². The summed E-state index contributed by atoms with van der Waals surface area (Å²) in [4.78, 5) is 13.3. The Morgan fingerprint density at radius 3 is 2.53 bits per heavy atom. The van der Waals surface area contributed by atoms with Gasteiger partial charge in [0.25, 0.3) is 0 Å². The molecule has 0 spiro atoms. The van der Waals surface area contributed by atoms with E-state index in [2.05, 4.69) is 26.1 Å². The number of halogens is 1. The number of quaternary nitrogens is 1. The van der Waals surface area contributed by atoms with Crippen LogP contribution in [-0.4, -0.2) is 16.8 Å². The number of nitrogens with zero attached hydrogens (tertiary/aromatic N) is 2. The molecule has 6 heteroatoms. The number of hydrogen-bond acceptors (Lipinski definition) is 3. The molecule has 0 amide bonds. The van der Waals surface area contributed by atoms with Crippen molar-refractivity contribution in [1.82, 2.24) is 9.78 Å². The summed E-state index contributed by atoms with van der Waals surface area (Å²) in [6.45, 7) is 7.53. The van der Waals surface area contributed by atoms with E-state index in [0.717, 1.165) is 40.1 Å². The Bertz CT molecular complexity index is 1280. The van der Waals surface area contributed by atoms with E-state index in [9.17, 15) is 4.79 Å². The number of aromatic nitrogens is 2. The maximum absolute atomic E-state index is 12.1. The summed E-state index contributed by atoms with van der Waals surface area (Å²) in [5, 5.41) is 6.31. The van der Waals surface area contributed by atoms with Gasteiger partial charge in [-0.1, -0.05) is 29.8 Å². The number of nitrogens with one attached hydrogen (secondary N) is 1. The average Bonchev–Trinajstić information content (AvgIpc) is 2.98. The zero-order chi connectivity index (χ0) is 21.4. The largest absolute Gasteiger partial charge is 0.423 e. The highest BCUT2D eigenvalue weighted by molar-refractivity contribution is 6.32. The molecule has 2 aromatic carbocycles. The van der Waals surface area contributed by atoms with E-state index in [4.69, 9.17) is 21.1 Å². The summed E-state index contributed by atoms with van der Waals surface area (Å²) < 4.78 is 7.38. The summed E-state index contributed by atoms with van der Waals surface area (Å²) in [7, 11) is 2.12. The van der Waals surface area contributed by atoms with Gasteiger partial charge in [0.2, 0.25) is 0 Å². The van der Waals surface area contributed by atoms with Crippen LogP contribution in [0.5, 0.6) is 0 Å². The number of aryl methyl sites for hydroxylation is 2.